The van der Waals surface area contributed by atoms with Crippen molar-refractivity contribution in [2.75, 3.05) is 51.7 Å². The van der Waals surface area contributed by atoms with Gasteiger partial charge in [0, 0.05) is 31.2 Å². The summed E-state index contributed by atoms with van der Waals surface area (Å²) in [7, 11) is 1.82. The Balaban J connectivity index is 1.75. The Morgan fingerprint density at radius 1 is 1.64 bits per heavy atom. The van der Waals surface area contributed by atoms with Gasteiger partial charge in [0.2, 0.25) is 11.8 Å². The maximum Gasteiger partial charge on any atom is 0.240 e. The van der Waals surface area contributed by atoms with Gasteiger partial charge in [-0.2, -0.15) is 0 Å². The molecule has 0 aliphatic carbocycles. The number of aromatic nitrogens is 1. The lowest BCUT2D eigenvalue weighted by Crippen LogP contribution is -2.49. The molecule has 0 aromatic carbocycles. The summed E-state index contributed by atoms with van der Waals surface area (Å²) < 4.78 is 5.67. The molecule has 2 rings (SSSR count). The number of nitrogens with one attached hydrogen (secondary N) is 1. The summed E-state index contributed by atoms with van der Waals surface area (Å²) in [5.74, 6) is -0.445. The number of carbonyl (C=O) groups is 2. The second-order valence-electron chi connectivity index (χ2n) is 5.28. The number of morpholine rings is 1. The minimum absolute atomic E-state index is 0.0363. The third-order valence-corrected chi connectivity index (χ3v) is 3.90. The Hall–Kier alpha value is -1.55. The molecule has 2 heterocycles. The number of nitrogens with two attached hydrogens (primary N) is 1. The Morgan fingerprint density at radius 2 is 2.45 bits per heavy atom. The van der Waals surface area contributed by atoms with E-state index in [0.717, 1.165) is 0 Å². The molecule has 122 valence electrons. The Labute approximate surface area is 133 Å². The molecule has 8 nitrogen and oxygen atoms in total. The average molecular weight is 327 g/mol. The Morgan fingerprint density at radius 3 is 3.14 bits per heavy atom. The molecule has 1 saturated heterocycles. The number of thiazole rings is 1. The second kappa shape index (κ2) is 8.18. The summed E-state index contributed by atoms with van der Waals surface area (Å²) in [4.78, 5) is 30.7. The lowest BCUT2D eigenvalue weighted by atomic mass is 10.2. The van der Waals surface area contributed by atoms with Gasteiger partial charge in [-0.1, -0.05) is 0 Å². The van der Waals surface area contributed by atoms with Gasteiger partial charge in [0.1, 0.15) is 0 Å². The highest BCUT2D eigenvalue weighted by Crippen LogP contribution is 2.11. The van der Waals surface area contributed by atoms with E-state index < -0.39 is 0 Å². The fraction of sp³-hybridized carbons (Fsp3) is 0.615. The molecule has 22 heavy (non-hydrogen) atoms. The van der Waals surface area contributed by atoms with Crippen LogP contribution in [0, 0.1) is 0 Å². The predicted octanol–water partition coefficient (Wildman–Crippen LogP) is -0.800. The fourth-order valence-electron chi connectivity index (χ4n) is 2.36. The van der Waals surface area contributed by atoms with E-state index in [2.05, 4.69) is 10.3 Å². The first kappa shape index (κ1) is 16.8. The van der Waals surface area contributed by atoms with Crippen LogP contribution in [0.5, 0.6) is 0 Å². The van der Waals surface area contributed by atoms with E-state index in [-0.39, 0.29) is 24.5 Å². The monoisotopic (exact) mass is 327 g/mol. The number of anilines is 1. The zero-order valence-electron chi connectivity index (χ0n) is 12.5. The number of rotatable bonds is 7. The van der Waals surface area contributed by atoms with E-state index in [1.807, 2.05) is 22.2 Å². The van der Waals surface area contributed by atoms with Crippen molar-refractivity contribution < 1.29 is 14.3 Å². The van der Waals surface area contributed by atoms with E-state index in [4.69, 9.17) is 10.5 Å². The number of primary amides is 1. The van der Waals surface area contributed by atoms with E-state index in [1.54, 1.807) is 6.20 Å². The molecule has 0 bridgehead atoms. The summed E-state index contributed by atoms with van der Waals surface area (Å²) in [6.45, 7) is 3.03. The lowest BCUT2D eigenvalue weighted by Gasteiger charge is -2.34. The topological polar surface area (TPSA) is 101 Å². The highest BCUT2D eigenvalue weighted by Gasteiger charge is 2.23. The molecular formula is C13H21N5O3S. The molecule has 1 aromatic rings. The molecule has 3 N–H and O–H groups in total. The van der Waals surface area contributed by atoms with Crippen molar-refractivity contribution in [2.45, 2.75) is 6.10 Å². The minimum Gasteiger partial charge on any atom is -0.374 e. The van der Waals surface area contributed by atoms with Gasteiger partial charge in [-0.25, -0.2) is 4.98 Å². The maximum atomic E-state index is 12.0. The van der Waals surface area contributed by atoms with Crippen molar-refractivity contribution in [1.82, 2.24) is 14.8 Å². The van der Waals surface area contributed by atoms with Crippen LogP contribution in [0.25, 0.3) is 0 Å². The number of likely N-dealkylation sites (N-methyl/N-ethyl adjacent to an activating group) is 1. The van der Waals surface area contributed by atoms with Gasteiger partial charge in [-0.3, -0.25) is 19.4 Å². The van der Waals surface area contributed by atoms with Gasteiger partial charge in [0.05, 0.1) is 25.8 Å². The molecule has 0 unspecified atom stereocenters. The number of nitrogens with zero attached hydrogens (tertiary/aromatic N) is 3. The first-order valence-electron chi connectivity index (χ1n) is 7.03. The normalized spacial score (nSPS) is 19.3. The Kier molecular flexibility index (Phi) is 6.25. The van der Waals surface area contributed by atoms with Crippen LogP contribution in [-0.4, -0.2) is 79.1 Å². The SMILES string of the molecule is CN(CC(N)=O)C[C@H]1CN(CC(=O)Nc2nccs2)CCO1. The second-order valence-corrected chi connectivity index (χ2v) is 6.17. The van der Waals surface area contributed by atoms with Crippen LogP contribution in [0.1, 0.15) is 0 Å². The summed E-state index contributed by atoms with van der Waals surface area (Å²) in [6, 6.07) is 0. The Bertz CT molecular complexity index is 496. The van der Waals surface area contributed by atoms with Gasteiger partial charge in [-0.05, 0) is 7.05 Å². The van der Waals surface area contributed by atoms with Crippen molar-refractivity contribution in [1.29, 1.82) is 0 Å². The number of carbonyl (C=O) groups excluding carboxylic acids is 2. The van der Waals surface area contributed by atoms with Crippen molar-refractivity contribution in [3.05, 3.63) is 11.6 Å². The third kappa shape index (κ3) is 5.68. The summed E-state index contributed by atoms with van der Waals surface area (Å²) in [6.07, 6.45) is 1.62. The van der Waals surface area contributed by atoms with E-state index in [1.165, 1.54) is 11.3 Å². The minimum atomic E-state index is -0.363. The van der Waals surface area contributed by atoms with Crippen LogP contribution in [0.4, 0.5) is 5.13 Å². The molecule has 1 atom stereocenters. The highest BCUT2D eigenvalue weighted by molar-refractivity contribution is 7.13. The fourth-order valence-corrected chi connectivity index (χ4v) is 2.90. The summed E-state index contributed by atoms with van der Waals surface area (Å²) in [5, 5.41) is 5.19. The summed E-state index contributed by atoms with van der Waals surface area (Å²) >= 11 is 1.39. The van der Waals surface area contributed by atoms with Crippen molar-refractivity contribution in [3.63, 3.8) is 0 Å². The van der Waals surface area contributed by atoms with Crippen LogP contribution >= 0.6 is 11.3 Å². The molecule has 0 radical (unpaired) electrons. The van der Waals surface area contributed by atoms with Gasteiger partial charge < -0.3 is 15.8 Å². The molecular weight excluding hydrogens is 306 g/mol. The van der Waals surface area contributed by atoms with Crippen LogP contribution < -0.4 is 11.1 Å². The van der Waals surface area contributed by atoms with E-state index >= 15 is 0 Å². The van der Waals surface area contributed by atoms with Gasteiger partial charge in [0.25, 0.3) is 0 Å². The number of amides is 2. The van der Waals surface area contributed by atoms with Gasteiger partial charge in [-0.15, -0.1) is 11.3 Å². The first-order valence-corrected chi connectivity index (χ1v) is 7.91. The molecule has 0 saturated carbocycles. The van der Waals surface area contributed by atoms with Crippen LogP contribution in [0.15, 0.2) is 11.6 Å². The van der Waals surface area contributed by atoms with Gasteiger partial charge in [0.15, 0.2) is 5.13 Å². The largest absolute Gasteiger partial charge is 0.374 e. The standard InChI is InChI=1S/C13H21N5O3S/c1-17(8-11(14)19)6-10-7-18(3-4-21-10)9-12(20)16-13-15-2-5-22-13/h2,5,10H,3-4,6-9H2,1H3,(H2,14,19)(H,15,16,20)/t10-/m0/s1. The quantitative estimate of drug-likeness (QED) is 0.680. The highest BCUT2D eigenvalue weighted by atomic mass is 32.1. The van der Waals surface area contributed by atoms with E-state index in [0.29, 0.717) is 37.9 Å². The smallest absolute Gasteiger partial charge is 0.240 e. The van der Waals surface area contributed by atoms with Gasteiger partial charge >= 0.3 is 0 Å². The molecule has 1 aromatic heterocycles. The zero-order chi connectivity index (χ0) is 15.9. The van der Waals surface area contributed by atoms with Crippen LogP contribution in [0.2, 0.25) is 0 Å². The predicted molar refractivity (Wildman–Crippen MR) is 83.6 cm³/mol. The number of hydrogen-bond donors (Lipinski definition) is 2. The van der Waals surface area contributed by atoms with Crippen molar-refractivity contribution >= 4 is 28.3 Å². The van der Waals surface area contributed by atoms with E-state index in [9.17, 15) is 9.59 Å². The lowest BCUT2D eigenvalue weighted by molar-refractivity contribution is -0.120. The maximum absolute atomic E-state index is 12.0. The first-order chi connectivity index (χ1) is 10.5. The number of hydrogen-bond acceptors (Lipinski definition) is 7. The molecule has 0 spiro atoms. The van der Waals surface area contributed by atoms with Crippen LogP contribution in [-0.2, 0) is 14.3 Å². The van der Waals surface area contributed by atoms with Crippen LogP contribution in [0.3, 0.4) is 0 Å². The zero-order valence-corrected chi connectivity index (χ0v) is 13.3. The van der Waals surface area contributed by atoms with Crippen molar-refractivity contribution in [3.8, 4) is 0 Å². The molecule has 1 fully saturated rings. The number of ether oxygens (including phenoxy) is 1. The molecule has 2 amide bonds. The third-order valence-electron chi connectivity index (χ3n) is 3.21. The molecule has 1 aliphatic heterocycles. The van der Waals surface area contributed by atoms with Crippen molar-refractivity contribution in [2.24, 2.45) is 5.73 Å². The summed E-state index contributed by atoms with van der Waals surface area (Å²) in [5.41, 5.74) is 5.17. The molecule has 1 aliphatic rings. The average Bonchev–Trinajstić information content (AvgIpc) is 2.90. The molecule has 9 heteroatoms.